The average molecular weight is 363 g/mol. The zero-order chi connectivity index (χ0) is 18.8. The van der Waals surface area contributed by atoms with Gasteiger partial charge in [0.1, 0.15) is 0 Å². The topological polar surface area (TPSA) is 120 Å². The van der Waals surface area contributed by atoms with Crippen molar-refractivity contribution in [3.05, 3.63) is 82.6 Å². The lowest BCUT2D eigenvalue weighted by Crippen LogP contribution is -2.23. The lowest BCUT2D eigenvalue weighted by atomic mass is 10.3. The fourth-order valence-corrected chi connectivity index (χ4v) is 2.58. The van der Waals surface area contributed by atoms with Crippen LogP contribution >= 0.6 is 0 Å². The van der Waals surface area contributed by atoms with E-state index in [0.717, 1.165) is 0 Å². The van der Waals surface area contributed by atoms with Crippen molar-refractivity contribution < 1.29 is 9.72 Å². The Balaban J connectivity index is 1.46. The Morgan fingerprint density at radius 2 is 1.96 bits per heavy atom. The Kier molecular flexibility index (Phi) is 4.05. The average Bonchev–Trinajstić information content (AvgIpc) is 3.34. The summed E-state index contributed by atoms with van der Waals surface area (Å²) in [6.07, 6.45) is 4.81. The molecule has 134 valence electrons. The molecule has 0 aliphatic carbocycles. The molecule has 1 aromatic carbocycles. The van der Waals surface area contributed by atoms with Crippen LogP contribution in [0.15, 0.2) is 61.1 Å². The first kappa shape index (κ1) is 16.4. The number of rotatable bonds is 5. The molecule has 0 atom stereocenters. The van der Waals surface area contributed by atoms with Crippen molar-refractivity contribution in [3.63, 3.8) is 0 Å². The van der Waals surface area contributed by atoms with Crippen molar-refractivity contribution in [3.8, 4) is 5.69 Å². The van der Waals surface area contributed by atoms with Gasteiger partial charge in [-0.15, -0.1) is 10.2 Å². The van der Waals surface area contributed by atoms with Crippen molar-refractivity contribution >= 4 is 17.2 Å². The van der Waals surface area contributed by atoms with Gasteiger partial charge in [0.2, 0.25) is 0 Å². The number of fused-ring (bicyclic) bond motifs is 1. The van der Waals surface area contributed by atoms with Crippen LogP contribution < -0.4 is 5.32 Å². The highest BCUT2D eigenvalue weighted by Gasteiger charge is 2.12. The van der Waals surface area contributed by atoms with Crippen molar-refractivity contribution in [1.29, 1.82) is 0 Å². The fraction of sp³-hybridized carbons (Fsp3) is 0.0588. The zero-order valence-corrected chi connectivity index (χ0v) is 13.9. The van der Waals surface area contributed by atoms with Gasteiger partial charge in [-0.1, -0.05) is 6.07 Å². The van der Waals surface area contributed by atoms with Gasteiger partial charge >= 0.3 is 0 Å². The molecule has 0 spiro atoms. The van der Waals surface area contributed by atoms with E-state index in [-0.39, 0.29) is 18.1 Å². The minimum atomic E-state index is -0.472. The molecule has 3 heterocycles. The molecule has 0 radical (unpaired) electrons. The van der Waals surface area contributed by atoms with Crippen LogP contribution in [0.1, 0.15) is 16.2 Å². The Bertz CT molecular complexity index is 1130. The molecular weight excluding hydrogens is 350 g/mol. The van der Waals surface area contributed by atoms with E-state index in [9.17, 15) is 14.9 Å². The summed E-state index contributed by atoms with van der Waals surface area (Å²) < 4.78 is 3.27. The predicted octanol–water partition coefficient (Wildman–Crippen LogP) is 1.75. The van der Waals surface area contributed by atoms with E-state index in [2.05, 4.69) is 20.6 Å². The maximum Gasteiger partial charge on any atom is 0.269 e. The summed E-state index contributed by atoms with van der Waals surface area (Å²) in [6.45, 7) is 0.215. The van der Waals surface area contributed by atoms with E-state index >= 15 is 0 Å². The highest BCUT2D eigenvalue weighted by molar-refractivity contribution is 5.93. The molecule has 0 unspecified atom stereocenters. The van der Waals surface area contributed by atoms with E-state index in [1.165, 1.54) is 23.0 Å². The Labute approximate surface area is 152 Å². The van der Waals surface area contributed by atoms with Gasteiger partial charge in [-0.3, -0.25) is 19.3 Å². The van der Waals surface area contributed by atoms with Gasteiger partial charge in [0, 0.05) is 24.5 Å². The molecule has 10 heteroatoms. The Morgan fingerprint density at radius 1 is 1.15 bits per heavy atom. The van der Waals surface area contributed by atoms with Crippen LogP contribution in [0.25, 0.3) is 11.3 Å². The van der Waals surface area contributed by atoms with E-state index in [0.29, 0.717) is 22.7 Å². The number of benzene rings is 1. The molecule has 1 N–H and O–H groups in total. The van der Waals surface area contributed by atoms with Crippen molar-refractivity contribution in [2.75, 3.05) is 0 Å². The number of carbonyl (C=O) groups is 1. The predicted molar refractivity (Wildman–Crippen MR) is 94.4 cm³/mol. The second kappa shape index (κ2) is 6.67. The van der Waals surface area contributed by atoms with E-state index in [1.807, 2.05) is 24.4 Å². The maximum atomic E-state index is 12.4. The number of nitro groups is 1. The van der Waals surface area contributed by atoms with Crippen LogP contribution in [-0.2, 0) is 6.54 Å². The first-order chi connectivity index (χ1) is 13.1. The van der Waals surface area contributed by atoms with E-state index < -0.39 is 4.92 Å². The number of carbonyl (C=O) groups excluding carboxylic acids is 1. The van der Waals surface area contributed by atoms with Crippen molar-refractivity contribution in [1.82, 2.24) is 29.7 Å². The fourth-order valence-electron chi connectivity index (χ4n) is 2.58. The molecule has 27 heavy (non-hydrogen) atoms. The van der Waals surface area contributed by atoms with Gasteiger partial charge < -0.3 is 5.32 Å². The van der Waals surface area contributed by atoms with Gasteiger partial charge in [-0.05, 0) is 24.3 Å². The highest BCUT2D eigenvalue weighted by Crippen LogP contribution is 2.15. The number of aromatic nitrogens is 5. The van der Waals surface area contributed by atoms with Crippen molar-refractivity contribution in [2.45, 2.75) is 6.54 Å². The number of hydrogen-bond acceptors (Lipinski definition) is 6. The van der Waals surface area contributed by atoms with Crippen LogP contribution in [0.4, 0.5) is 5.69 Å². The second-order valence-electron chi connectivity index (χ2n) is 5.67. The first-order valence-corrected chi connectivity index (χ1v) is 7.98. The molecule has 0 saturated heterocycles. The number of pyridine rings is 1. The summed E-state index contributed by atoms with van der Waals surface area (Å²) in [5.74, 6) is 0.303. The second-order valence-corrected chi connectivity index (χ2v) is 5.67. The molecule has 1 amide bonds. The SMILES string of the molecule is O=C(NCc1nnc2ccccn12)c1cnn(-c2ccc([N+](=O)[O-])cc2)c1. The maximum absolute atomic E-state index is 12.4. The molecule has 4 aromatic rings. The first-order valence-electron chi connectivity index (χ1n) is 7.98. The molecule has 4 rings (SSSR count). The zero-order valence-electron chi connectivity index (χ0n) is 13.9. The normalized spacial score (nSPS) is 10.8. The Hall–Kier alpha value is -4.08. The smallest absolute Gasteiger partial charge is 0.269 e. The quantitative estimate of drug-likeness (QED) is 0.426. The number of nitrogens with zero attached hydrogens (tertiary/aromatic N) is 6. The van der Waals surface area contributed by atoms with Gasteiger partial charge in [-0.2, -0.15) is 5.10 Å². The minimum absolute atomic E-state index is 0.00981. The molecule has 0 aliphatic heterocycles. The molecule has 0 bridgehead atoms. The minimum Gasteiger partial charge on any atom is -0.345 e. The third kappa shape index (κ3) is 3.23. The molecule has 0 fully saturated rings. The van der Waals surface area contributed by atoms with Gasteiger partial charge in [0.15, 0.2) is 11.5 Å². The van der Waals surface area contributed by atoms with Crippen LogP contribution in [0, 0.1) is 10.1 Å². The standard InChI is InChI=1S/C17H13N7O3/c25-17(18-10-16-21-20-15-3-1-2-8-22(15)16)12-9-19-23(11-12)13-4-6-14(7-5-13)24(26)27/h1-9,11H,10H2,(H,18,25). The summed E-state index contributed by atoms with van der Waals surface area (Å²) in [7, 11) is 0. The summed E-state index contributed by atoms with van der Waals surface area (Å²) in [5.41, 5.74) is 1.67. The third-order valence-corrected chi connectivity index (χ3v) is 3.96. The number of non-ortho nitro benzene ring substituents is 1. The molecule has 3 aromatic heterocycles. The Morgan fingerprint density at radius 3 is 2.74 bits per heavy atom. The summed E-state index contributed by atoms with van der Waals surface area (Å²) in [6, 6.07) is 11.4. The lowest BCUT2D eigenvalue weighted by molar-refractivity contribution is -0.384. The molecule has 0 saturated carbocycles. The van der Waals surface area contributed by atoms with E-state index in [4.69, 9.17) is 0 Å². The largest absolute Gasteiger partial charge is 0.345 e. The lowest BCUT2D eigenvalue weighted by Gasteiger charge is -2.02. The summed E-state index contributed by atoms with van der Waals surface area (Å²) >= 11 is 0. The van der Waals surface area contributed by atoms with Crippen LogP contribution in [-0.4, -0.2) is 35.2 Å². The van der Waals surface area contributed by atoms with Gasteiger partial charge in [0.05, 0.1) is 28.9 Å². The number of nitro benzene ring substituents is 1. The van der Waals surface area contributed by atoms with Crippen LogP contribution in [0.2, 0.25) is 0 Å². The molecule has 0 aliphatic rings. The summed E-state index contributed by atoms with van der Waals surface area (Å²) in [4.78, 5) is 22.6. The van der Waals surface area contributed by atoms with Crippen LogP contribution in [0.3, 0.4) is 0 Å². The molecular formula is C17H13N7O3. The number of hydrogen-bond donors (Lipinski definition) is 1. The van der Waals surface area contributed by atoms with Crippen LogP contribution in [0.5, 0.6) is 0 Å². The van der Waals surface area contributed by atoms with E-state index in [1.54, 1.807) is 22.7 Å². The third-order valence-electron chi connectivity index (χ3n) is 3.96. The number of nitrogens with one attached hydrogen (secondary N) is 1. The van der Waals surface area contributed by atoms with Gasteiger partial charge in [0.25, 0.3) is 11.6 Å². The highest BCUT2D eigenvalue weighted by atomic mass is 16.6. The number of amides is 1. The molecule has 10 nitrogen and oxygen atoms in total. The van der Waals surface area contributed by atoms with Crippen molar-refractivity contribution in [2.24, 2.45) is 0 Å². The monoisotopic (exact) mass is 363 g/mol. The summed E-state index contributed by atoms with van der Waals surface area (Å²) in [5, 5.41) is 25.7. The van der Waals surface area contributed by atoms with Gasteiger partial charge in [-0.25, -0.2) is 4.68 Å².